The lowest BCUT2D eigenvalue weighted by molar-refractivity contribution is 0.285. The molecule has 1 aliphatic rings. The molecule has 1 heterocycles. The summed E-state index contributed by atoms with van der Waals surface area (Å²) in [5.41, 5.74) is 0. The van der Waals surface area contributed by atoms with Gasteiger partial charge >= 0.3 is 0 Å². The fourth-order valence-electron chi connectivity index (χ4n) is 1.73. The van der Waals surface area contributed by atoms with Gasteiger partial charge in [0.25, 0.3) is 0 Å². The topological polar surface area (TPSA) is 57.6 Å². The highest BCUT2D eigenvalue weighted by atomic mass is 79.9. The number of aliphatic hydroxyl groups is 1. The average Bonchev–Trinajstić information content (AvgIpc) is 3.09. The highest BCUT2D eigenvalue weighted by Gasteiger charge is 2.33. The Morgan fingerprint density at radius 1 is 1.58 bits per heavy atom. The Morgan fingerprint density at radius 3 is 2.74 bits per heavy atom. The van der Waals surface area contributed by atoms with Crippen LogP contribution in [-0.4, -0.2) is 30.9 Å². The van der Waals surface area contributed by atoms with Crippen LogP contribution < -0.4 is 0 Å². The summed E-state index contributed by atoms with van der Waals surface area (Å²) in [4.78, 5) is 0.801. The zero-order valence-corrected chi connectivity index (χ0v) is 13.4. The van der Waals surface area contributed by atoms with Gasteiger partial charge in [-0.15, -0.1) is 17.8 Å². The van der Waals surface area contributed by atoms with E-state index in [0.717, 1.165) is 12.8 Å². The average molecular weight is 364 g/mol. The Morgan fingerprint density at radius 2 is 2.26 bits per heavy atom. The van der Waals surface area contributed by atoms with E-state index < -0.39 is 10.0 Å². The van der Waals surface area contributed by atoms with Crippen molar-refractivity contribution >= 4 is 37.3 Å². The lowest BCUT2D eigenvalue weighted by Crippen LogP contribution is -2.33. The van der Waals surface area contributed by atoms with Crippen LogP contribution in [0, 0.1) is 18.3 Å². The first-order valence-electron chi connectivity index (χ1n) is 5.81. The first-order chi connectivity index (χ1) is 8.98. The Bertz CT molecular complexity index is 599. The Kier molecular flexibility index (Phi) is 4.69. The molecule has 0 amide bonds. The first-order valence-corrected chi connectivity index (χ1v) is 8.86. The van der Waals surface area contributed by atoms with Crippen molar-refractivity contribution in [3.8, 4) is 12.3 Å². The first kappa shape index (κ1) is 15.0. The summed E-state index contributed by atoms with van der Waals surface area (Å²) in [6.45, 7) is 0.384. The van der Waals surface area contributed by atoms with E-state index in [2.05, 4.69) is 21.9 Å². The molecular formula is C12H14BrNO3S2. The van der Waals surface area contributed by atoms with Crippen molar-refractivity contribution in [3.63, 3.8) is 0 Å². The van der Waals surface area contributed by atoms with Crippen LogP contribution in [-0.2, 0) is 16.6 Å². The molecule has 7 heteroatoms. The summed E-state index contributed by atoms with van der Waals surface area (Å²) in [7, 11) is -3.59. The third-order valence-corrected chi connectivity index (χ3v) is 6.96. The molecule has 0 bridgehead atoms. The summed E-state index contributed by atoms with van der Waals surface area (Å²) < 4.78 is 27.0. The number of thiophene rings is 1. The van der Waals surface area contributed by atoms with Gasteiger partial charge in [-0.3, -0.25) is 0 Å². The number of terminal acetylenes is 1. The van der Waals surface area contributed by atoms with E-state index in [4.69, 9.17) is 11.5 Å². The van der Waals surface area contributed by atoms with E-state index in [-0.39, 0.29) is 18.0 Å². The maximum absolute atomic E-state index is 12.6. The Balaban J connectivity index is 2.31. The smallest absolute Gasteiger partial charge is 0.245 e. The van der Waals surface area contributed by atoms with Gasteiger partial charge in [0.2, 0.25) is 10.0 Å². The molecule has 1 aliphatic carbocycles. The van der Waals surface area contributed by atoms with E-state index in [0.29, 0.717) is 21.1 Å². The van der Waals surface area contributed by atoms with Gasteiger partial charge in [-0.2, -0.15) is 4.31 Å². The number of hydrogen-bond acceptors (Lipinski definition) is 4. The minimum atomic E-state index is -3.59. The highest BCUT2D eigenvalue weighted by molar-refractivity contribution is 9.11. The van der Waals surface area contributed by atoms with Gasteiger partial charge in [-0.25, -0.2) is 8.42 Å². The van der Waals surface area contributed by atoms with Crippen molar-refractivity contribution in [2.24, 2.45) is 5.92 Å². The van der Waals surface area contributed by atoms with Crippen LogP contribution in [0.3, 0.4) is 0 Å². The third kappa shape index (κ3) is 3.38. The van der Waals surface area contributed by atoms with E-state index in [1.165, 1.54) is 21.7 Å². The Labute approximate surface area is 125 Å². The molecule has 0 aromatic carbocycles. The second kappa shape index (κ2) is 5.94. The highest BCUT2D eigenvalue weighted by Crippen LogP contribution is 2.36. The fraction of sp³-hybridized carbons (Fsp3) is 0.500. The van der Waals surface area contributed by atoms with Crippen LogP contribution in [0.1, 0.15) is 17.7 Å². The van der Waals surface area contributed by atoms with E-state index >= 15 is 0 Å². The molecule has 1 aromatic heterocycles. The van der Waals surface area contributed by atoms with Gasteiger partial charge in [-0.1, -0.05) is 5.92 Å². The molecule has 2 rings (SSSR count). The second-order valence-corrected chi connectivity index (χ2v) is 8.81. The fourth-order valence-corrected chi connectivity index (χ4v) is 5.65. The summed E-state index contributed by atoms with van der Waals surface area (Å²) in [5, 5.41) is 9.09. The molecule has 1 saturated carbocycles. The lowest BCUT2D eigenvalue weighted by atomic mass is 10.4. The summed E-state index contributed by atoms with van der Waals surface area (Å²) in [5.74, 6) is 2.83. The van der Waals surface area contributed by atoms with E-state index in [1.807, 2.05) is 0 Å². The minimum absolute atomic E-state index is 0.0789. The van der Waals surface area contributed by atoms with E-state index in [9.17, 15) is 8.42 Å². The molecule has 0 unspecified atom stereocenters. The normalized spacial score (nSPS) is 15.7. The second-order valence-electron chi connectivity index (χ2n) is 4.45. The van der Waals surface area contributed by atoms with Crippen LogP contribution >= 0.6 is 27.3 Å². The lowest BCUT2D eigenvalue weighted by Gasteiger charge is -2.19. The monoisotopic (exact) mass is 363 g/mol. The minimum Gasteiger partial charge on any atom is -0.391 e. The maximum Gasteiger partial charge on any atom is 0.245 e. The molecule has 1 aromatic rings. The summed E-state index contributed by atoms with van der Waals surface area (Å²) in [6.07, 6.45) is 7.38. The number of nitrogens with zero attached hydrogens (tertiary/aromatic N) is 1. The summed E-state index contributed by atoms with van der Waals surface area (Å²) >= 11 is 4.47. The van der Waals surface area contributed by atoms with Crippen LogP contribution in [0.15, 0.2) is 14.7 Å². The van der Waals surface area contributed by atoms with Crippen molar-refractivity contribution in [2.75, 3.05) is 13.1 Å². The van der Waals surface area contributed by atoms with Gasteiger partial charge in [0.05, 0.1) is 16.9 Å². The molecule has 1 N–H and O–H groups in total. The number of sulfonamides is 1. The quantitative estimate of drug-likeness (QED) is 0.786. The largest absolute Gasteiger partial charge is 0.391 e. The van der Waals surface area contributed by atoms with Crippen LogP contribution in [0.25, 0.3) is 0 Å². The van der Waals surface area contributed by atoms with Crippen molar-refractivity contribution in [2.45, 2.75) is 24.3 Å². The molecule has 1 fully saturated rings. The van der Waals surface area contributed by atoms with Gasteiger partial charge < -0.3 is 5.11 Å². The standard InChI is InChI=1S/C12H14BrNO3S2/c1-2-5-14(7-9-3-4-9)19(16,17)11-6-10(8-15)18-12(11)13/h1,6,9,15H,3-5,7-8H2. The van der Waals surface area contributed by atoms with Crippen molar-refractivity contribution in [3.05, 3.63) is 14.7 Å². The molecule has 0 aliphatic heterocycles. The van der Waals surface area contributed by atoms with Gasteiger partial charge in [-0.05, 0) is 40.8 Å². The summed E-state index contributed by atoms with van der Waals surface area (Å²) in [6, 6.07) is 1.50. The molecule has 19 heavy (non-hydrogen) atoms. The van der Waals surface area contributed by atoms with Crippen molar-refractivity contribution < 1.29 is 13.5 Å². The van der Waals surface area contributed by atoms with Gasteiger partial charge in [0, 0.05) is 11.4 Å². The van der Waals surface area contributed by atoms with Gasteiger partial charge in [0.15, 0.2) is 0 Å². The number of hydrogen-bond donors (Lipinski definition) is 1. The number of halogens is 1. The number of aliphatic hydroxyl groups excluding tert-OH is 1. The molecule has 0 radical (unpaired) electrons. The van der Waals surface area contributed by atoms with E-state index in [1.54, 1.807) is 0 Å². The number of rotatable bonds is 6. The third-order valence-electron chi connectivity index (χ3n) is 2.91. The van der Waals surface area contributed by atoms with Gasteiger partial charge in [0.1, 0.15) is 4.90 Å². The Hall–Kier alpha value is -0.390. The zero-order valence-electron chi connectivity index (χ0n) is 10.2. The maximum atomic E-state index is 12.6. The molecule has 4 nitrogen and oxygen atoms in total. The molecular weight excluding hydrogens is 350 g/mol. The molecule has 0 saturated heterocycles. The predicted octanol–water partition coefficient (Wildman–Crippen LogP) is 2.04. The van der Waals surface area contributed by atoms with Crippen molar-refractivity contribution in [1.29, 1.82) is 0 Å². The van der Waals surface area contributed by atoms with Crippen LogP contribution in [0.4, 0.5) is 0 Å². The van der Waals surface area contributed by atoms with Crippen LogP contribution in [0.5, 0.6) is 0 Å². The molecule has 0 spiro atoms. The SMILES string of the molecule is C#CCN(CC1CC1)S(=O)(=O)c1cc(CO)sc1Br. The predicted molar refractivity (Wildman–Crippen MR) is 78.3 cm³/mol. The molecule has 104 valence electrons. The van der Waals surface area contributed by atoms with Crippen molar-refractivity contribution in [1.82, 2.24) is 4.31 Å². The molecule has 0 atom stereocenters. The zero-order chi connectivity index (χ0) is 14.0. The van der Waals surface area contributed by atoms with Crippen LogP contribution in [0.2, 0.25) is 0 Å².